The Morgan fingerprint density at radius 3 is 2.53 bits per heavy atom. The third kappa shape index (κ3) is 4.82. The fourth-order valence-corrected chi connectivity index (χ4v) is 2.34. The molecule has 0 radical (unpaired) electrons. The lowest BCUT2D eigenvalue weighted by atomic mass is 10.0. The van der Waals surface area contributed by atoms with Crippen LogP contribution >= 0.6 is 0 Å². The Kier molecular flexibility index (Phi) is 6.28. The lowest BCUT2D eigenvalue weighted by Crippen LogP contribution is -2.36. The molecule has 0 bridgehead atoms. The van der Waals surface area contributed by atoms with E-state index in [1.807, 2.05) is 19.1 Å². The number of hydrogen-bond donors (Lipinski definition) is 3. The first-order chi connectivity index (χ1) is 8.97. The second kappa shape index (κ2) is 7.48. The zero-order valence-electron chi connectivity index (χ0n) is 12.3. The van der Waals surface area contributed by atoms with Gasteiger partial charge < -0.3 is 20.9 Å². The summed E-state index contributed by atoms with van der Waals surface area (Å²) >= 11 is 0. The van der Waals surface area contributed by atoms with Gasteiger partial charge in [-0.05, 0) is 44.4 Å². The molecule has 0 amide bonds. The summed E-state index contributed by atoms with van der Waals surface area (Å²) in [5, 5.41) is 12.9. The molecule has 1 rings (SSSR count). The van der Waals surface area contributed by atoms with Crippen molar-refractivity contribution in [1.29, 1.82) is 0 Å². The highest BCUT2D eigenvalue weighted by atomic mass is 16.5. The standard InChI is InChI=1S/C15H26N2O2/c1-10-7-13(5-6-15(10)19-4)14(9-16)17-11(2)8-12(3)18/h5-7,11-12,14,17-18H,8-9,16H2,1-4H3. The molecule has 0 spiro atoms. The van der Waals surface area contributed by atoms with Crippen LogP contribution in [0.25, 0.3) is 0 Å². The Labute approximate surface area is 116 Å². The predicted molar refractivity (Wildman–Crippen MR) is 78.4 cm³/mol. The van der Waals surface area contributed by atoms with Crippen LogP contribution in [-0.2, 0) is 0 Å². The molecule has 0 aliphatic carbocycles. The van der Waals surface area contributed by atoms with Crippen molar-refractivity contribution in [2.75, 3.05) is 13.7 Å². The number of nitrogens with two attached hydrogens (primary N) is 1. The fourth-order valence-electron chi connectivity index (χ4n) is 2.34. The molecule has 0 aromatic heterocycles. The van der Waals surface area contributed by atoms with Gasteiger partial charge in [0.1, 0.15) is 5.75 Å². The van der Waals surface area contributed by atoms with E-state index >= 15 is 0 Å². The molecule has 4 nitrogen and oxygen atoms in total. The van der Waals surface area contributed by atoms with Gasteiger partial charge in [-0.15, -0.1) is 0 Å². The summed E-state index contributed by atoms with van der Waals surface area (Å²) in [7, 11) is 1.67. The molecule has 3 unspecified atom stereocenters. The first kappa shape index (κ1) is 16.0. The van der Waals surface area contributed by atoms with Gasteiger partial charge in [-0.3, -0.25) is 0 Å². The van der Waals surface area contributed by atoms with Crippen molar-refractivity contribution in [2.45, 2.75) is 45.4 Å². The van der Waals surface area contributed by atoms with E-state index in [1.54, 1.807) is 14.0 Å². The number of aliphatic hydroxyl groups is 1. The first-order valence-corrected chi connectivity index (χ1v) is 6.76. The topological polar surface area (TPSA) is 67.5 Å². The monoisotopic (exact) mass is 266 g/mol. The number of nitrogens with one attached hydrogen (secondary N) is 1. The zero-order chi connectivity index (χ0) is 14.4. The number of benzene rings is 1. The van der Waals surface area contributed by atoms with Crippen LogP contribution < -0.4 is 15.8 Å². The quantitative estimate of drug-likeness (QED) is 0.703. The highest BCUT2D eigenvalue weighted by Crippen LogP contribution is 2.22. The van der Waals surface area contributed by atoms with Gasteiger partial charge in [0, 0.05) is 18.6 Å². The van der Waals surface area contributed by atoms with E-state index in [-0.39, 0.29) is 18.2 Å². The Morgan fingerprint density at radius 1 is 1.37 bits per heavy atom. The summed E-state index contributed by atoms with van der Waals surface area (Å²) in [6.07, 6.45) is 0.407. The van der Waals surface area contributed by atoms with Gasteiger partial charge in [0.05, 0.1) is 13.2 Å². The molecule has 19 heavy (non-hydrogen) atoms. The average molecular weight is 266 g/mol. The van der Waals surface area contributed by atoms with Gasteiger partial charge in [0.25, 0.3) is 0 Å². The van der Waals surface area contributed by atoms with E-state index in [0.29, 0.717) is 13.0 Å². The van der Waals surface area contributed by atoms with Crippen LogP contribution in [0, 0.1) is 6.92 Å². The van der Waals surface area contributed by atoms with Crippen LogP contribution in [0.3, 0.4) is 0 Å². The van der Waals surface area contributed by atoms with Gasteiger partial charge in [0.15, 0.2) is 0 Å². The van der Waals surface area contributed by atoms with Crippen LogP contribution in [0.1, 0.15) is 37.4 Å². The second-order valence-electron chi connectivity index (χ2n) is 5.17. The number of rotatable bonds is 7. The van der Waals surface area contributed by atoms with Crippen molar-refractivity contribution in [2.24, 2.45) is 5.73 Å². The summed E-state index contributed by atoms with van der Waals surface area (Å²) in [4.78, 5) is 0. The van der Waals surface area contributed by atoms with E-state index < -0.39 is 0 Å². The molecule has 0 saturated heterocycles. The fraction of sp³-hybridized carbons (Fsp3) is 0.600. The second-order valence-corrected chi connectivity index (χ2v) is 5.17. The normalized spacial score (nSPS) is 15.9. The molecule has 0 aliphatic heterocycles. The van der Waals surface area contributed by atoms with Crippen molar-refractivity contribution in [3.05, 3.63) is 29.3 Å². The maximum atomic E-state index is 9.40. The first-order valence-electron chi connectivity index (χ1n) is 6.76. The smallest absolute Gasteiger partial charge is 0.121 e. The summed E-state index contributed by atoms with van der Waals surface area (Å²) < 4.78 is 5.26. The highest BCUT2D eigenvalue weighted by Gasteiger charge is 2.15. The van der Waals surface area contributed by atoms with Gasteiger partial charge >= 0.3 is 0 Å². The lowest BCUT2D eigenvalue weighted by molar-refractivity contribution is 0.168. The van der Waals surface area contributed by atoms with Gasteiger partial charge in [-0.25, -0.2) is 0 Å². The van der Waals surface area contributed by atoms with Crippen LogP contribution in [0.2, 0.25) is 0 Å². The molecule has 0 heterocycles. The number of hydrogen-bond acceptors (Lipinski definition) is 4. The largest absolute Gasteiger partial charge is 0.496 e. The zero-order valence-corrected chi connectivity index (χ0v) is 12.3. The Hall–Kier alpha value is -1.10. The van der Waals surface area contributed by atoms with E-state index in [1.165, 1.54) is 0 Å². The average Bonchev–Trinajstić information content (AvgIpc) is 2.35. The highest BCUT2D eigenvalue weighted by molar-refractivity contribution is 5.37. The maximum absolute atomic E-state index is 9.40. The van der Waals surface area contributed by atoms with Crippen LogP contribution in [0.4, 0.5) is 0 Å². The molecule has 1 aromatic carbocycles. The minimum atomic E-state index is -0.307. The molecule has 4 heteroatoms. The van der Waals surface area contributed by atoms with E-state index in [0.717, 1.165) is 16.9 Å². The van der Waals surface area contributed by atoms with Crippen molar-refractivity contribution < 1.29 is 9.84 Å². The van der Waals surface area contributed by atoms with Crippen LogP contribution in [0.15, 0.2) is 18.2 Å². The SMILES string of the molecule is COc1ccc(C(CN)NC(C)CC(C)O)cc1C. The van der Waals surface area contributed by atoms with Crippen molar-refractivity contribution in [1.82, 2.24) is 5.32 Å². The molecular formula is C15H26N2O2. The van der Waals surface area contributed by atoms with Crippen molar-refractivity contribution >= 4 is 0 Å². The van der Waals surface area contributed by atoms with E-state index in [9.17, 15) is 5.11 Å². The molecule has 0 aliphatic rings. The number of ether oxygens (including phenoxy) is 1. The third-order valence-corrected chi connectivity index (χ3v) is 3.24. The van der Waals surface area contributed by atoms with Gasteiger partial charge in [0.2, 0.25) is 0 Å². The predicted octanol–water partition coefficient (Wildman–Crippen LogP) is 1.75. The minimum Gasteiger partial charge on any atom is -0.496 e. The summed E-state index contributed by atoms with van der Waals surface area (Å²) in [6, 6.07) is 6.41. The van der Waals surface area contributed by atoms with Crippen LogP contribution in [0.5, 0.6) is 5.75 Å². The van der Waals surface area contributed by atoms with Crippen molar-refractivity contribution in [3.63, 3.8) is 0 Å². The maximum Gasteiger partial charge on any atom is 0.121 e. The third-order valence-electron chi connectivity index (χ3n) is 3.24. The Balaban J connectivity index is 2.76. The molecule has 3 atom stereocenters. The van der Waals surface area contributed by atoms with Crippen LogP contribution in [-0.4, -0.2) is 30.9 Å². The number of aliphatic hydroxyl groups excluding tert-OH is 1. The van der Waals surface area contributed by atoms with Crippen molar-refractivity contribution in [3.8, 4) is 5.75 Å². The summed E-state index contributed by atoms with van der Waals surface area (Å²) in [6.45, 7) is 6.41. The molecule has 0 saturated carbocycles. The molecule has 0 fully saturated rings. The lowest BCUT2D eigenvalue weighted by Gasteiger charge is -2.24. The van der Waals surface area contributed by atoms with Gasteiger partial charge in [-0.2, -0.15) is 0 Å². The molecule has 1 aromatic rings. The molecule has 108 valence electrons. The van der Waals surface area contributed by atoms with E-state index in [2.05, 4.69) is 18.3 Å². The Bertz CT molecular complexity index is 394. The number of aryl methyl sites for hydroxylation is 1. The molecule has 4 N–H and O–H groups in total. The van der Waals surface area contributed by atoms with E-state index in [4.69, 9.17) is 10.5 Å². The van der Waals surface area contributed by atoms with Gasteiger partial charge in [-0.1, -0.05) is 12.1 Å². The molecular weight excluding hydrogens is 240 g/mol. The summed E-state index contributed by atoms with van der Waals surface area (Å²) in [5.74, 6) is 0.886. The minimum absolute atomic E-state index is 0.0957. The number of methoxy groups -OCH3 is 1. The summed E-state index contributed by atoms with van der Waals surface area (Å²) in [5.41, 5.74) is 8.10. The Morgan fingerprint density at radius 2 is 2.05 bits per heavy atom.